The maximum atomic E-state index is 11.6. The molecule has 82 valence electrons. The van der Waals surface area contributed by atoms with Gasteiger partial charge in [0.05, 0.1) is 0 Å². The molecule has 1 aliphatic rings. The zero-order chi connectivity index (χ0) is 11.5. The van der Waals surface area contributed by atoms with Crippen LogP contribution >= 0.6 is 0 Å². The molecule has 0 fully saturated rings. The van der Waals surface area contributed by atoms with Gasteiger partial charge < -0.3 is 0 Å². The van der Waals surface area contributed by atoms with Crippen molar-refractivity contribution in [1.29, 1.82) is 0 Å². The van der Waals surface area contributed by atoms with Gasteiger partial charge in [-0.1, -0.05) is 40.2 Å². The molecular weight excluding hydrogens is 172 g/mol. The number of allylic oxidation sites excluding steroid dienone is 2. The van der Waals surface area contributed by atoms with Crippen molar-refractivity contribution < 1.29 is 4.79 Å². The molecule has 0 bridgehead atoms. The Labute approximate surface area is 88.6 Å². The summed E-state index contributed by atoms with van der Waals surface area (Å²) in [6, 6.07) is 0. The van der Waals surface area contributed by atoms with E-state index in [0.29, 0.717) is 5.78 Å². The van der Waals surface area contributed by atoms with E-state index in [1.54, 1.807) is 0 Å². The van der Waals surface area contributed by atoms with Crippen molar-refractivity contribution >= 4 is 5.78 Å². The molecule has 0 amide bonds. The second-order valence-electron chi connectivity index (χ2n) is 4.60. The van der Waals surface area contributed by atoms with Crippen LogP contribution in [0.1, 0.15) is 54.9 Å². The molecule has 1 nitrogen and oxygen atoms in total. The van der Waals surface area contributed by atoms with E-state index < -0.39 is 0 Å². The van der Waals surface area contributed by atoms with Crippen LogP contribution in [0.4, 0.5) is 0 Å². The standard InChI is InChI=1S/C11H18O.C2H6/c1-7-6-11(4,5)9(3)8(2)10(7)12;1-2/h7H,6H2,1-5H3;1-2H3. The first-order valence-electron chi connectivity index (χ1n) is 5.58. The van der Waals surface area contributed by atoms with E-state index in [0.717, 1.165) is 12.0 Å². The monoisotopic (exact) mass is 196 g/mol. The van der Waals surface area contributed by atoms with Gasteiger partial charge in [0.1, 0.15) is 0 Å². The predicted octanol–water partition coefficient (Wildman–Crippen LogP) is 3.98. The number of carbonyl (C=O) groups is 1. The summed E-state index contributed by atoms with van der Waals surface area (Å²) in [5.41, 5.74) is 2.47. The summed E-state index contributed by atoms with van der Waals surface area (Å²) in [5, 5.41) is 0. The number of carbonyl (C=O) groups excluding carboxylic acids is 1. The van der Waals surface area contributed by atoms with Crippen LogP contribution in [-0.4, -0.2) is 5.78 Å². The molecule has 0 aromatic carbocycles. The van der Waals surface area contributed by atoms with E-state index >= 15 is 0 Å². The number of rotatable bonds is 0. The first-order valence-corrected chi connectivity index (χ1v) is 5.58. The first kappa shape index (κ1) is 13.4. The molecule has 1 rings (SSSR count). The van der Waals surface area contributed by atoms with Crippen molar-refractivity contribution in [3.05, 3.63) is 11.1 Å². The quantitative estimate of drug-likeness (QED) is 0.572. The van der Waals surface area contributed by atoms with Gasteiger partial charge in [0.15, 0.2) is 5.78 Å². The fourth-order valence-electron chi connectivity index (χ4n) is 2.07. The smallest absolute Gasteiger partial charge is 0.161 e. The van der Waals surface area contributed by atoms with Crippen LogP contribution in [0.2, 0.25) is 0 Å². The Hall–Kier alpha value is -0.590. The van der Waals surface area contributed by atoms with Crippen molar-refractivity contribution in [2.75, 3.05) is 0 Å². The van der Waals surface area contributed by atoms with Crippen LogP contribution in [-0.2, 0) is 4.79 Å². The molecule has 1 atom stereocenters. The summed E-state index contributed by atoms with van der Waals surface area (Å²) < 4.78 is 0. The topological polar surface area (TPSA) is 17.1 Å². The highest BCUT2D eigenvalue weighted by Gasteiger charge is 2.33. The van der Waals surface area contributed by atoms with Gasteiger partial charge in [0.25, 0.3) is 0 Å². The summed E-state index contributed by atoms with van der Waals surface area (Å²) in [7, 11) is 0. The van der Waals surface area contributed by atoms with Crippen molar-refractivity contribution in [3.63, 3.8) is 0 Å². The normalized spacial score (nSPS) is 25.6. The van der Waals surface area contributed by atoms with E-state index in [9.17, 15) is 4.79 Å². The Morgan fingerprint density at radius 1 is 1.21 bits per heavy atom. The van der Waals surface area contributed by atoms with E-state index in [-0.39, 0.29) is 11.3 Å². The molecule has 1 heteroatoms. The summed E-state index contributed by atoms with van der Waals surface area (Å²) in [5.74, 6) is 0.551. The Morgan fingerprint density at radius 3 is 2.07 bits per heavy atom. The lowest BCUT2D eigenvalue weighted by Crippen LogP contribution is -2.30. The van der Waals surface area contributed by atoms with Crippen molar-refractivity contribution in [2.45, 2.75) is 54.9 Å². The van der Waals surface area contributed by atoms with Crippen LogP contribution in [0.5, 0.6) is 0 Å². The fourth-order valence-corrected chi connectivity index (χ4v) is 2.07. The second kappa shape index (κ2) is 4.77. The third kappa shape index (κ3) is 2.46. The van der Waals surface area contributed by atoms with Crippen molar-refractivity contribution in [3.8, 4) is 0 Å². The predicted molar refractivity (Wildman–Crippen MR) is 62.3 cm³/mol. The third-order valence-corrected chi connectivity index (χ3v) is 3.21. The van der Waals surface area contributed by atoms with Gasteiger partial charge in [-0.3, -0.25) is 4.79 Å². The van der Waals surface area contributed by atoms with Crippen LogP contribution < -0.4 is 0 Å². The number of Topliss-reactive ketones (excluding diaryl/α,β-unsaturated/α-hetero) is 1. The van der Waals surface area contributed by atoms with E-state index in [1.165, 1.54) is 5.57 Å². The highest BCUT2D eigenvalue weighted by atomic mass is 16.1. The van der Waals surface area contributed by atoms with Gasteiger partial charge in [-0.25, -0.2) is 0 Å². The van der Waals surface area contributed by atoms with Crippen LogP contribution in [0.25, 0.3) is 0 Å². The Bertz CT molecular complexity index is 246. The lowest BCUT2D eigenvalue weighted by Gasteiger charge is -2.35. The minimum Gasteiger partial charge on any atom is -0.294 e. The SMILES string of the molecule is CC.CC1=C(C)C(C)(C)CC(C)C1=O. The lowest BCUT2D eigenvalue weighted by molar-refractivity contribution is -0.120. The summed E-state index contributed by atoms with van der Waals surface area (Å²) in [6.07, 6.45) is 0.995. The number of hydrogen-bond acceptors (Lipinski definition) is 1. The molecule has 0 saturated heterocycles. The zero-order valence-corrected chi connectivity index (χ0v) is 10.7. The Morgan fingerprint density at radius 2 is 1.64 bits per heavy atom. The molecule has 0 heterocycles. The van der Waals surface area contributed by atoms with Crippen LogP contribution in [0.15, 0.2) is 11.1 Å². The largest absolute Gasteiger partial charge is 0.294 e. The molecule has 0 spiro atoms. The maximum Gasteiger partial charge on any atom is 0.161 e. The molecule has 1 aliphatic carbocycles. The van der Waals surface area contributed by atoms with E-state index in [4.69, 9.17) is 0 Å². The number of hydrogen-bond donors (Lipinski definition) is 0. The molecule has 0 N–H and O–H groups in total. The fraction of sp³-hybridized carbons (Fsp3) is 0.769. The average Bonchev–Trinajstić information content (AvgIpc) is 2.15. The second-order valence-corrected chi connectivity index (χ2v) is 4.60. The molecule has 0 saturated carbocycles. The maximum absolute atomic E-state index is 11.6. The molecule has 0 radical (unpaired) electrons. The molecule has 1 unspecified atom stereocenters. The molecule has 14 heavy (non-hydrogen) atoms. The van der Waals surface area contributed by atoms with Gasteiger partial charge in [0.2, 0.25) is 0 Å². The van der Waals surface area contributed by atoms with E-state index in [1.807, 2.05) is 27.7 Å². The minimum atomic E-state index is 0.212. The summed E-state index contributed by atoms with van der Waals surface area (Å²) in [6.45, 7) is 14.5. The summed E-state index contributed by atoms with van der Waals surface area (Å²) in [4.78, 5) is 11.6. The van der Waals surface area contributed by atoms with Crippen LogP contribution in [0.3, 0.4) is 0 Å². The highest BCUT2D eigenvalue weighted by Crippen LogP contribution is 2.40. The first-order chi connectivity index (χ1) is 6.36. The number of ketones is 1. The zero-order valence-electron chi connectivity index (χ0n) is 10.7. The lowest BCUT2D eigenvalue weighted by atomic mass is 9.69. The highest BCUT2D eigenvalue weighted by molar-refractivity contribution is 5.98. The van der Waals surface area contributed by atoms with Gasteiger partial charge in [-0.15, -0.1) is 0 Å². The van der Waals surface area contributed by atoms with E-state index in [2.05, 4.69) is 20.8 Å². The van der Waals surface area contributed by atoms with Gasteiger partial charge in [-0.2, -0.15) is 0 Å². The summed E-state index contributed by atoms with van der Waals surface area (Å²) >= 11 is 0. The van der Waals surface area contributed by atoms with Gasteiger partial charge in [-0.05, 0) is 31.3 Å². The third-order valence-electron chi connectivity index (χ3n) is 3.21. The Balaban J connectivity index is 0.000000791. The molecule has 0 aromatic heterocycles. The average molecular weight is 196 g/mol. The Kier molecular flexibility index (Phi) is 4.57. The van der Waals surface area contributed by atoms with Gasteiger partial charge in [0, 0.05) is 5.92 Å². The minimum absolute atomic E-state index is 0.212. The molecule has 0 aromatic rings. The van der Waals surface area contributed by atoms with Gasteiger partial charge >= 0.3 is 0 Å². The van der Waals surface area contributed by atoms with Crippen LogP contribution in [0, 0.1) is 11.3 Å². The molecule has 0 aliphatic heterocycles. The van der Waals surface area contributed by atoms with Crippen molar-refractivity contribution in [2.24, 2.45) is 11.3 Å². The van der Waals surface area contributed by atoms with Crippen molar-refractivity contribution in [1.82, 2.24) is 0 Å². The molecular formula is C13H24O.